The highest BCUT2D eigenvalue weighted by molar-refractivity contribution is 7.80. The largest absolute Gasteiger partial charge is 0.360 e. The van der Waals surface area contributed by atoms with Crippen LogP contribution in [0.2, 0.25) is 0 Å². The quantitative estimate of drug-likeness (QED) is 0.758. The first-order valence-corrected chi connectivity index (χ1v) is 9.64. The van der Waals surface area contributed by atoms with Crippen LogP contribution in [0.5, 0.6) is 0 Å². The Morgan fingerprint density at radius 3 is 2.05 bits per heavy atom. The van der Waals surface area contributed by atoms with Gasteiger partial charge in [-0.3, -0.25) is 0 Å². The molecular formula is C17H32N3S+. The molecule has 0 atom stereocenters. The van der Waals surface area contributed by atoms with E-state index < -0.39 is 0 Å². The van der Waals surface area contributed by atoms with Crippen molar-refractivity contribution >= 4 is 17.3 Å². The minimum atomic E-state index is 0.648. The summed E-state index contributed by atoms with van der Waals surface area (Å²) < 4.78 is 0. The zero-order chi connectivity index (χ0) is 14.5. The molecule has 0 bridgehead atoms. The van der Waals surface area contributed by atoms with Crippen LogP contribution in [0.15, 0.2) is 0 Å². The Hall–Kier alpha value is -0.350. The highest BCUT2D eigenvalue weighted by Crippen LogP contribution is 2.18. The lowest BCUT2D eigenvalue weighted by molar-refractivity contribution is -0.930. The van der Waals surface area contributed by atoms with Gasteiger partial charge in [-0.2, -0.15) is 0 Å². The second-order valence-corrected chi connectivity index (χ2v) is 7.65. The molecule has 2 N–H and O–H groups in total. The fourth-order valence-corrected chi connectivity index (χ4v) is 4.78. The van der Waals surface area contributed by atoms with E-state index in [4.69, 9.17) is 12.2 Å². The van der Waals surface area contributed by atoms with E-state index >= 15 is 0 Å². The number of rotatable bonds is 2. The van der Waals surface area contributed by atoms with Crippen LogP contribution in [0, 0.1) is 0 Å². The Morgan fingerprint density at radius 2 is 1.43 bits per heavy atom. The molecule has 0 aromatic rings. The first-order chi connectivity index (χ1) is 10.3. The molecule has 1 aliphatic heterocycles. The Labute approximate surface area is 135 Å². The number of piperazine rings is 1. The standard InChI is InChI=1S/C17H31N3S/c21-17(18-15-7-3-1-4-8-15)20-13-11-19(12-14-20)16-9-5-2-6-10-16/h15-16H,1-14H2,(H,18,21)/p+1. The van der Waals surface area contributed by atoms with Crippen molar-refractivity contribution in [3.63, 3.8) is 0 Å². The number of nitrogens with one attached hydrogen (secondary N) is 2. The first-order valence-electron chi connectivity index (χ1n) is 9.23. The number of thiocarbonyl (C=S) groups is 1. The Bertz CT molecular complexity index is 327. The minimum absolute atomic E-state index is 0.648. The second-order valence-electron chi connectivity index (χ2n) is 7.26. The summed E-state index contributed by atoms with van der Waals surface area (Å²) in [6.07, 6.45) is 14.1. The van der Waals surface area contributed by atoms with E-state index in [0.717, 1.165) is 24.2 Å². The topological polar surface area (TPSA) is 19.7 Å². The first kappa shape index (κ1) is 15.5. The van der Waals surface area contributed by atoms with Crippen molar-refractivity contribution in [1.29, 1.82) is 0 Å². The van der Waals surface area contributed by atoms with Crippen LogP contribution in [-0.4, -0.2) is 48.3 Å². The summed E-state index contributed by atoms with van der Waals surface area (Å²) in [5.74, 6) is 0. The lowest BCUT2D eigenvalue weighted by Gasteiger charge is -2.39. The predicted molar refractivity (Wildman–Crippen MR) is 91.7 cm³/mol. The van der Waals surface area contributed by atoms with Crippen LogP contribution in [0.25, 0.3) is 0 Å². The highest BCUT2D eigenvalue weighted by atomic mass is 32.1. The maximum atomic E-state index is 5.66. The van der Waals surface area contributed by atoms with E-state index in [0.29, 0.717) is 6.04 Å². The molecule has 3 fully saturated rings. The van der Waals surface area contributed by atoms with E-state index in [1.54, 1.807) is 0 Å². The van der Waals surface area contributed by atoms with E-state index in [2.05, 4.69) is 10.2 Å². The van der Waals surface area contributed by atoms with Crippen LogP contribution in [0.1, 0.15) is 64.2 Å². The molecule has 21 heavy (non-hydrogen) atoms. The normalized spacial score (nSPS) is 26.8. The van der Waals surface area contributed by atoms with Gasteiger partial charge < -0.3 is 15.1 Å². The Morgan fingerprint density at radius 1 is 0.857 bits per heavy atom. The summed E-state index contributed by atoms with van der Waals surface area (Å²) in [5, 5.41) is 4.66. The average Bonchev–Trinajstić information content (AvgIpc) is 2.57. The van der Waals surface area contributed by atoms with Crippen molar-refractivity contribution in [3.05, 3.63) is 0 Å². The molecule has 0 aromatic carbocycles. The van der Waals surface area contributed by atoms with E-state index in [1.165, 1.54) is 77.3 Å². The molecule has 0 aromatic heterocycles. The summed E-state index contributed by atoms with van der Waals surface area (Å²) in [7, 11) is 0. The minimum Gasteiger partial charge on any atom is -0.360 e. The summed E-state index contributed by atoms with van der Waals surface area (Å²) in [6.45, 7) is 4.89. The predicted octanol–water partition coefficient (Wildman–Crippen LogP) is 1.73. The van der Waals surface area contributed by atoms with Gasteiger partial charge in [-0.25, -0.2) is 0 Å². The third-order valence-electron chi connectivity index (χ3n) is 5.81. The Balaban J connectivity index is 1.40. The fraction of sp³-hybridized carbons (Fsp3) is 0.941. The number of hydrogen-bond acceptors (Lipinski definition) is 1. The molecule has 0 spiro atoms. The van der Waals surface area contributed by atoms with Gasteiger partial charge in [0.25, 0.3) is 0 Å². The van der Waals surface area contributed by atoms with Gasteiger partial charge in [-0.15, -0.1) is 0 Å². The van der Waals surface area contributed by atoms with Gasteiger partial charge in [-0.05, 0) is 50.7 Å². The van der Waals surface area contributed by atoms with Gasteiger partial charge in [-0.1, -0.05) is 25.7 Å². The molecule has 0 amide bonds. The maximum absolute atomic E-state index is 5.66. The monoisotopic (exact) mass is 310 g/mol. The smallest absolute Gasteiger partial charge is 0.169 e. The number of nitrogens with zero attached hydrogens (tertiary/aromatic N) is 1. The molecule has 0 radical (unpaired) electrons. The lowest BCUT2D eigenvalue weighted by atomic mass is 9.94. The third kappa shape index (κ3) is 4.32. The molecule has 1 heterocycles. The Kier molecular flexibility index (Phi) is 5.75. The zero-order valence-corrected chi connectivity index (χ0v) is 14.2. The van der Waals surface area contributed by atoms with Crippen molar-refractivity contribution < 1.29 is 4.90 Å². The van der Waals surface area contributed by atoms with E-state index in [-0.39, 0.29) is 0 Å². The summed E-state index contributed by atoms with van der Waals surface area (Å²) in [5.41, 5.74) is 0. The maximum Gasteiger partial charge on any atom is 0.169 e. The summed E-state index contributed by atoms with van der Waals surface area (Å²) >= 11 is 5.66. The molecule has 1 saturated heterocycles. The van der Waals surface area contributed by atoms with Gasteiger partial charge >= 0.3 is 0 Å². The summed E-state index contributed by atoms with van der Waals surface area (Å²) in [6, 6.07) is 1.59. The lowest BCUT2D eigenvalue weighted by Crippen LogP contribution is -3.18. The highest BCUT2D eigenvalue weighted by Gasteiger charge is 2.29. The third-order valence-corrected chi connectivity index (χ3v) is 6.18. The molecule has 120 valence electrons. The molecule has 3 aliphatic rings. The van der Waals surface area contributed by atoms with E-state index in [1.807, 2.05) is 4.90 Å². The SMILES string of the molecule is S=C(NC1CCCCC1)N1CC[NH+](C2CCCCC2)CC1. The van der Waals surface area contributed by atoms with Crippen LogP contribution in [-0.2, 0) is 0 Å². The second kappa shape index (κ2) is 7.77. The molecule has 2 saturated carbocycles. The van der Waals surface area contributed by atoms with Crippen LogP contribution >= 0.6 is 12.2 Å². The zero-order valence-electron chi connectivity index (χ0n) is 13.4. The van der Waals surface area contributed by atoms with Gasteiger partial charge in [0.15, 0.2) is 5.11 Å². The van der Waals surface area contributed by atoms with Gasteiger partial charge in [0, 0.05) is 6.04 Å². The molecule has 3 rings (SSSR count). The molecule has 0 unspecified atom stereocenters. The van der Waals surface area contributed by atoms with Crippen LogP contribution in [0.4, 0.5) is 0 Å². The van der Waals surface area contributed by atoms with E-state index in [9.17, 15) is 0 Å². The van der Waals surface area contributed by atoms with Crippen molar-refractivity contribution in [2.75, 3.05) is 26.2 Å². The molecule has 3 nitrogen and oxygen atoms in total. The fourth-order valence-electron chi connectivity index (χ4n) is 4.43. The van der Waals surface area contributed by atoms with Crippen molar-refractivity contribution in [2.24, 2.45) is 0 Å². The average molecular weight is 311 g/mol. The van der Waals surface area contributed by atoms with Gasteiger partial charge in [0.05, 0.1) is 32.2 Å². The van der Waals surface area contributed by atoms with Crippen molar-refractivity contribution in [1.82, 2.24) is 10.2 Å². The van der Waals surface area contributed by atoms with Crippen LogP contribution < -0.4 is 10.2 Å². The van der Waals surface area contributed by atoms with Crippen LogP contribution in [0.3, 0.4) is 0 Å². The van der Waals surface area contributed by atoms with Gasteiger partial charge in [0.1, 0.15) is 0 Å². The number of hydrogen-bond donors (Lipinski definition) is 2. The molecule has 2 aliphatic carbocycles. The van der Waals surface area contributed by atoms with Crippen molar-refractivity contribution in [3.8, 4) is 0 Å². The van der Waals surface area contributed by atoms with Crippen molar-refractivity contribution in [2.45, 2.75) is 76.3 Å². The van der Waals surface area contributed by atoms with Gasteiger partial charge in [0.2, 0.25) is 0 Å². The summed E-state index contributed by atoms with van der Waals surface area (Å²) in [4.78, 5) is 4.28. The molecular weight excluding hydrogens is 278 g/mol. The number of quaternary nitrogens is 1. The molecule has 4 heteroatoms.